The maximum Gasteiger partial charge on any atom is 0.449 e. The highest BCUT2D eigenvalue weighted by molar-refractivity contribution is 5.10. The standard InChI is InChI=1S/C9H7F3N2O/c10-9(11,12)8-3-2-7(15-8)6-14-5-1-4-13-14/h1-5H,6H2. The Morgan fingerprint density at radius 1 is 1.33 bits per heavy atom. The number of halogens is 3. The van der Waals surface area contributed by atoms with E-state index in [1.54, 1.807) is 18.5 Å². The molecule has 2 rings (SSSR count). The van der Waals surface area contributed by atoms with Gasteiger partial charge in [0.2, 0.25) is 5.76 Å². The van der Waals surface area contributed by atoms with Crippen LogP contribution in [0.4, 0.5) is 13.2 Å². The molecule has 2 aromatic heterocycles. The lowest BCUT2D eigenvalue weighted by Gasteiger charge is -2.01. The molecule has 6 heteroatoms. The maximum atomic E-state index is 12.2. The van der Waals surface area contributed by atoms with Crippen molar-refractivity contribution in [3.63, 3.8) is 0 Å². The highest BCUT2D eigenvalue weighted by atomic mass is 19.4. The summed E-state index contributed by atoms with van der Waals surface area (Å²) in [7, 11) is 0. The van der Waals surface area contributed by atoms with E-state index in [4.69, 9.17) is 0 Å². The molecule has 80 valence electrons. The summed E-state index contributed by atoms with van der Waals surface area (Å²) in [6, 6.07) is 3.90. The molecule has 2 aromatic rings. The van der Waals surface area contributed by atoms with Crippen molar-refractivity contribution in [3.05, 3.63) is 42.1 Å². The molecule has 0 aliphatic carbocycles. The molecule has 0 aliphatic rings. The Labute approximate surface area is 83.1 Å². The van der Waals surface area contributed by atoms with E-state index in [1.165, 1.54) is 10.7 Å². The minimum atomic E-state index is -4.43. The normalized spacial score (nSPS) is 11.9. The second-order valence-corrected chi connectivity index (χ2v) is 2.97. The van der Waals surface area contributed by atoms with Gasteiger partial charge in [0.1, 0.15) is 5.76 Å². The molecule has 2 heterocycles. The highest BCUT2D eigenvalue weighted by Crippen LogP contribution is 2.30. The summed E-state index contributed by atoms with van der Waals surface area (Å²) < 4.78 is 42.6. The quantitative estimate of drug-likeness (QED) is 0.772. The first-order chi connectivity index (χ1) is 7.05. The molecule has 0 radical (unpaired) electrons. The Balaban J connectivity index is 2.15. The molecule has 15 heavy (non-hydrogen) atoms. The molecule has 0 amide bonds. The van der Waals surface area contributed by atoms with Crippen molar-refractivity contribution in [2.24, 2.45) is 0 Å². The van der Waals surface area contributed by atoms with Crippen LogP contribution in [-0.4, -0.2) is 9.78 Å². The monoisotopic (exact) mass is 216 g/mol. The van der Waals surface area contributed by atoms with Crippen LogP contribution in [0, 0.1) is 0 Å². The molecule has 0 saturated carbocycles. The van der Waals surface area contributed by atoms with Crippen molar-refractivity contribution >= 4 is 0 Å². The van der Waals surface area contributed by atoms with Crippen LogP contribution in [0.25, 0.3) is 0 Å². The Morgan fingerprint density at radius 3 is 2.67 bits per heavy atom. The zero-order valence-corrected chi connectivity index (χ0v) is 7.53. The van der Waals surface area contributed by atoms with E-state index in [9.17, 15) is 13.2 Å². The third kappa shape index (κ3) is 2.20. The topological polar surface area (TPSA) is 31.0 Å². The molecule has 0 atom stereocenters. The van der Waals surface area contributed by atoms with Crippen molar-refractivity contribution in [2.45, 2.75) is 12.7 Å². The third-order valence-electron chi connectivity index (χ3n) is 1.82. The fourth-order valence-corrected chi connectivity index (χ4v) is 1.17. The number of alkyl halides is 3. The van der Waals surface area contributed by atoms with Crippen molar-refractivity contribution in [1.82, 2.24) is 9.78 Å². The molecule has 0 aliphatic heterocycles. The summed E-state index contributed by atoms with van der Waals surface area (Å²) in [4.78, 5) is 0. The second-order valence-electron chi connectivity index (χ2n) is 2.97. The number of rotatable bonds is 2. The van der Waals surface area contributed by atoms with Gasteiger partial charge in [0.25, 0.3) is 0 Å². The van der Waals surface area contributed by atoms with Crippen LogP contribution in [0.15, 0.2) is 35.0 Å². The van der Waals surface area contributed by atoms with Gasteiger partial charge in [-0.15, -0.1) is 0 Å². The number of furan rings is 1. The summed E-state index contributed by atoms with van der Waals surface area (Å²) in [5.41, 5.74) is 0. The second kappa shape index (κ2) is 3.45. The minimum absolute atomic E-state index is 0.197. The van der Waals surface area contributed by atoms with Gasteiger partial charge in [-0.1, -0.05) is 0 Å². The lowest BCUT2D eigenvalue weighted by Crippen LogP contribution is -2.03. The molecule has 3 nitrogen and oxygen atoms in total. The van der Waals surface area contributed by atoms with Gasteiger partial charge in [0, 0.05) is 12.4 Å². The molecule has 0 unspecified atom stereocenters. The largest absolute Gasteiger partial charge is 0.455 e. The zero-order valence-electron chi connectivity index (χ0n) is 7.53. The SMILES string of the molecule is FC(F)(F)c1ccc(Cn2cccn2)o1. The van der Waals surface area contributed by atoms with Crippen LogP contribution in [-0.2, 0) is 12.7 Å². The van der Waals surface area contributed by atoms with E-state index in [2.05, 4.69) is 9.52 Å². The maximum absolute atomic E-state index is 12.2. The van der Waals surface area contributed by atoms with Gasteiger partial charge in [-0.3, -0.25) is 4.68 Å². The Hall–Kier alpha value is -1.72. The number of hydrogen-bond donors (Lipinski definition) is 0. The summed E-state index contributed by atoms with van der Waals surface area (Å²) in [5, 5.41) is 3.86. The Kier molecular flexibility index (Phi) is 2.26. The third-order valence-corrected chi connectivity index (χ3v) is 1.82. The zero-order chi connectivity index (χ0) is 10.9. The molecule has 0 bridgehead atoms. The number of nitrogens with zero attached hydrogens (tertiary/aromatic N) is 2. The van der Waals surface area contributed by atoms with Crippen molar-refractivity contribution < 1.29 is 17.6 Å². The summed E-state index contributed by atoms with van der Waals surface area (Å²) in [5.74, 6) is -0.754. The Morgan fingerprint density at radius 2 is 2.13 bits per heavy atom. The lowest BCUT2D eigenvalue weighted by molar-refractivity contribution is -0.153. The van der Waals surface area contributed by atoms with E-state index < -0.39 is 11.9 Å². The summed E-state index contributed by atoms with van der Waals surface area (Å²) in [6.07, 6.45) is -1.23. The van der Waals surface area contributed by atoms with E-state index in [0.717, 1.165) is 6.07 Å². The first-order valence-electron chi connectivity index (χ1n) is 4.19. The van der Waals surface area contributed by atoms with Gasteiger partial charge in [0.05, 0.1) is 6.54 Å². The van der Waals surface area contributed by atoms with Gasteiger partial charge in [0.15, 0.2) is 0 Å². The lowest BCUT2D eigenvalue weighted by atomic mass is 10.4. The van der Waals surface area contributed by atoms with Gasteiger partial charge in [-0.25, -0.2) is 0 Å². The molecule has 0 spiro atoms. The van der Waals surface area contributed by atoms with E-state index >= 15 is 0 Å². The van der Waals surface area contributed by atoms with Crippen LogP contribution in [0.2, 0.25) is 0 Å². The molecule has 0 fully saturated rings. The average molecular weight is 216 g/mol. The van der Waals surface area contributed by atoms with Gasteiger partial charge < -0.3 is 4.42 Å². The van der Waals surface area contributed by atoms with Crippen molar-refractivity contribution in [1.29, 1.82) is 0 Å². The summed E-state index contributed by atoms with van der Waals surface area (Å²) in [6.45, 7) is 0.197. The Bertz CT molecular complexity index is 430. The predicted octanol–water partition coefficient (Wildman–Crippen LogP) is 2.54. The first-order valence-corrected chi connectivity index (χ1v) is 4.19. The van der Waals surface area contributed by atoms with Crippen LogP contribution in [0.3, 0.4) is 0 Å². The number of hydrogen-bond acceptors (Lipinski definition) is 2. The van der Waals surface area contributed by atoms with Crippen molar-refractivity contribution in [3.8, 4) is 0 Å². The minimum Gasteiger partial charge on any atom is -0.455 e. The molecule has 0 N–H and O–H groups in total. The molecular weight excluding hydrogens is 209 g/mol. The fourth-order valence-electron chi connectivity index (χ4n) is 1.17. The highest BCUT2D eigenvalue weighted by Gasteiger charge is 2.34. The van der Waals surface area contributed by atoms with Gasteiger partial charge in [-0.05, 0) is 18.2 Å². The van der Waals surface area contributed by atoms with E-state index in [-0.39, 0.29) is 12.3 Å². The summed E-state index contributed by atoms with van der Waals surface area (Å²) >= 11 is 0. The van der Waals surface area contributed by atoms with Gasteiger partial charge in [-0.2, -0.15) is 18.3 Å². The predicted molar refractivity (Wildman–Crippen MR) is 45.0 cm³/mol. The van der Waals surface area contributed by atoms with Crippen molar-refractivity contribution in [2.75, 3.05) is 0 Å². The molecule has 0 saturated heterocycles. The van der Waals surface area contributed by atoms with E-state index in [1.807, 2.05) is 0 Å². The van der Waals surface area contributed by atoms with Crippen LogP contribution in [0.1, 0.15) is 11.5 Å². The van der Waals surface area contributed by atoms with Crippen LogP contribution < -0.4 is 0 Å². The fraction of sp³-hybridized carbons (Fsp3) is 0.222. The average Bonchev–Trinajstić information content (AvgIpc) is 2.73. The molecular formula is C9H7F3N2O. The van der Waals surface area contributed by atoms with Crippen LogP contribution >= 0.6 is 0 Å². The number of aromatic nitrogens is 2. The molecule has 0 aromatic carbocycles. The van der Waals surface area contributed by atoms with Crippen LogP contribution in [0.5, 0.6) is 0 Å². The van der Waals surface area contributed by atoms with Gasteiger partial charge >= 0.3 is 6.18 Å². The smallest absolute Gasteiger partial charge is 0.449 e. The first kappa shape index (κ1) is 9.82. The van der Waals surface area contributed by atoms with E-state index in [0.29, 0.717) is 0 Å².